The fourth-order valence-corrected chi connectivity index (χ4v) is 3.65. The van der Waals surface area contributed by atoms with E-state index in [1.165, 1.54) is 28.1 Å². The molecule has 1 aromatic carbocycles. The molecule has 0 atom stereocenters. The summed E-state index contributed by atoms with van der Waals surface area (Å²) in [7, 11) is 0. The van der Waals surface area contributed by atoms with Crippen molar-refractivity contribution in [2.45, 2.75) is 45.1 Å². The third-order valence-electron chi connectivity index (χ3n) is 4.79. The van der Waals surface area contributed by atoms with E-state index in [4.69, 9.17) is 9.97 Å². The molecule has 0 amide bonds. The standard InChI is InChI=1S/C18H21N3/c1-2-16-15-11-19-8-7-17(15)21-18(20-16)14-9-12-5-3-4-6-13(12)10-14/h3-6,14,19H,2,7-11H2,1H3. The number of rotatable bonds is 2. The lowest BCUT2D eigenvalue weighted by molar-refractivity contribution is 0.592. The van der Waals surface area contributed by atoms with Crippen LogP contribution in [0.5, 0.6) is 0 Å². The Morgan fingerprint density at radius 1 is 1.14 bits per heavy atom. The maximum Gasteiger partial charge on any atom is 0.132 e. The minimum atomic E-state index is 0.466. The van der Waals surface area contributed by atoms with Gasteiger partial charge in [-0.15, -0.1) is 0 Å². The van der Waals surface area contributed by atoms with E-state index in [9.17, 15) is 0 Å². The Morgan fingerprint density at radius 2 is 1.90 bits per heavy atom. The Kier molecular flexibility index (Phi) is 3.23. The van der Waals surface area contributed by atoms with Gasteiger partial charge in [0.1, 0.15) is 5.82 Å². The highest BCUT2D eigenvalue weighted by molar-refractivity contribution is 5.36. The zero-order chi connectivity index (χ0) is 14.2. The van der Waals surface area contributed by atoms with Crippen LogP contribution in [0.3, 0.4) is 0 Å². The van der Waals surface area contributed by atoms with Crippen LogP contribution in [0.25, 0.3) is 0 Å². The fraction of sp³-hybridized carbons (Fsp3) is 0.444. The summed E-state index contributed by atoms with van der Waals surface area (Å²) in [6.45, 7) is 4.17. The van der Waals surface area contributed by atoms with E-state index < -0.39 is 0 Å². The average Bonchev–Trinajstić information content (AvgIpc) is 2.98. The van der Waals surface area contributed by atoms with Gasteiger partial charge in [-0.25, -0.2) is 9.97 Å². The van der Waals surface area contributed by atoms with E-state index in [0.717, 1.165) is 44.6 Å². The molecule has 3 heteroatoms. The highest BCUT2D eigenvalue weighted by Crippen LogP contribution is 2.33. The van der Waals surface area contributed by atoms with Crippen molar-refractivity contribution in [2.24, 2.45) is 0 Å². The van der Waals surface area contributed by atoms with Gasteiger partial charge in [0.05, 0.1) is 5.69 Å². The number of aryl methyl sites for hydroxylation is 1. The highest BCUT2D eigenvalue weighted by Gasteiger charge is 2.26. The number of benzene rings is 1. The van der Waals surface area contributed by atoms with Crippen molar-refractivity contribution in [2.75, 3.05) is 6.54 Å². The molecule has 21 heavy (non-hydrogen) atoms. The second kappa shape index (κ2) is 5.23. The highest BCUT2D eigenvalue weighted by atomic mass is 15.0. The molecule has 0 spiro atoms. The van der Waals surface area contributed by atoms with Gasteiger partial charge in [0.2, 0.25) is 0 Å². The quantitative estimate of drug-likeness (QED) is 0.918. The van der Waals surface area contributed by atoms with Gasteiger partial charge in [0, 0.05) is 36.7 Å². The molecule has 4 rings (SSSR count). The molecule has 0 saturated carbocycles. The lowest BCUT2D eigenvalue weighted by Gasteiger charge is -2.21. The van der Waals surface area contributed by atoms with Crippen molar-refractivity contribution in [3.05, 3.63) is 58.2 Å². The molecule has 0 saturated heterocycles. The van der Waals surface area contributed by atoms with Crippen LogP contribution in [0.15, 0.2) is 24.3 Å². The van der Waals surface area contributed by atoms with Crippen molar-refractivity contribution in [1.82, 2.24) is 15.3 Å². The van der Waals surface area contributed by atoms with Gasteiger partial charge >= 0.3 is 0 Å². The first-order chi connectivity index (χ1) is 10.3. The Bertz CT molecular complexity index is 636. The number of hydrogen-bond donors (Lipinski definition) is 1. The van der Waals surface area contributed by atoms with Crippen LogP contribution in [0.2, 0.25) is 0 Å². The van der Waals surface area contributed by atoms with Gasteiger partial charge in [-0.2, -0.15) is 0 Å². The molecule has 1 aliphatic heterocycles. The molecule has 2 aromatic rings. The van der Waals surface area contributed by atoms with Crippen LogP contribution in [0, 0.1) is 0 Å². The summed E-state index contributed by atoms with van der Waals surface area (Å²) in [4.78, 5) is 9.85. The van der Waals surface area contributed by atoms with E-state index in [1.54, 1.807) is 0 Å². The molecule has 0 fully saturated rings. The lowest BCUT2D eigenvalue weighted by Crippen LogP contribution is -2.27. The van der Waals surface area contributed by atoms with Crippen LogP contribution in [-0.4, -0.2) is 16.5 Å². The Balaban J connectivity index is 1.70. The third-order valence-corrected chi connectivity index (χ3v) is 4.79. The Hall–Kier alpha value is -1.74. The van der Waals surface area contributed by atoms with Crippen LogP contribution < -0.4 is 5.32 Å². The summed E-state index contributed by atoms with van der Waals surface area (Å²) in [6, 6.07) is 8.77. The second-order valence-electron chi connectivity index (χ2n) is 6.11. The minimum absolute atomic E-state index is 0.466. The summed E-state index contributed by atoms with van der Waals surface area (Å²) in [5.41, 5.74) is 6.83. The number of hydrogen-bond acceptors (Lipinski definition) is 3. The summed E-state index contributed by atoms with van der Waals surface area (Å²) < 4.78 is 0. The maximum atomic E-state index is 4.94. The van der Waals surface area contributed by atoms with Crippen molar-refractivity contribution < 1.29 is 0 Å². The molecular weight excluding hydrogens is 258 g/mol. The SMILES string of the molecule is CCc1nc(C2Cc3ccccc3C2)nc2c1CNCC2. The first-order valence-electron chi connectivity index (χ1n) is 8.01. The molecule has 1 aromatic heterocycles. The maximum absolute atomic E-state index is 4.94. The fourth-order valence-electron chi connectivity index (χ4n) is 3.65. The van der Waals surface area contributed by atoms with Crippen molar-refractivity contribution in [3.8, 4) is 0 Å². The molecule has 0 radical (unpaired) electrons. The van der Waals surface area contributed by atoms with Gasteiger partial charge in [-0.05, 0) is 30.4 Å². The van der Waals surface area contributed by atoms with Gasteiger partial charge in [-0.1, -0.05) is 31.2 Å². The van der Waals surface area contributed by atoms with Crippen molar-refractivity contribution >= 4 is 0 Å². The van der Waals surface area contributed by atoms with E-state index in [1.807, 2.05) is 0 Å². The summed E-state index contributed by atoms with van der Waals surface area (Å²) in [6.07, 6.45) is 4.23. The first kappa shape index (κ1) is 13.0. The minimum Gasteiger partial charge on any atom is -0.312 e. The smallest absolute Gasteiger partial charge is 0.132 e. The predicted molar refractivity (Wildman–Crippen MR) is 83.4 cm³/mol. The molecule has 0 bridgehead atoms. The largest absolute Gasteiger partial charge is 0.312 e. The van der Waals surface area contributed by atoms with E-state index in [-0.39, 0.29) is 0 Å². The van der Waals surface area contributed by atoms with E-state index in [0.29, 0.717) is 5.92 Å². The molecule has 2 heterocycles. The summed E-state index contributed by atoms with van der Waals surface area (Å²) in [5.74, 6) is 1.54. The van der Waals surface area contributed by atoms with Gasteiger partial charge in [0.15, 0.2) is 0 Å². The second-order valence-corrected chi connectivity index (χ2v) is 6.11. The molecule has 0 unspecified atom stereocenters. The monoisotopic (exact) mass is 279 g/mol. The van der Waals surface area contributed by atoms with Crippen LogP contribution in [-0.2, 0) is 32.2 Å². The van der Waals surface area contributed by atoms with Crippen LogP contribution in [0.4, 0.5) is 0 Å². The van der Waals surface area contributed by atoms with Crippen molar-refractivity contribution in [3.63, 3.8) is 0 Å². The van der Waals surface area contributed by atoms with Gasteiger partial charge in [0.25, 0.3) is 0 Å². The number of aromatic nitrogens is 2. The topological polar surface area (TPSA) is 37.8 Å². The van der Waals surface area contributed by atoms with Crippen LogP contribution in [0.1, 0.15) is 46.7 Å². The first-order valence-corrected chi connectivity index (χ1v) is 8.01. The third kappa shape index (κ3) is 2.26. The predicted octanol–water partition coefficient (Wildman–Crippen LogP) is 2.57. The number of fused-ring (bicyclic) bond motifs is 2. The number of nitrogens with one attached hydrogen (secondary N) is 1. The normalized spacial score (nSPS) is 17.6. The average molecular weight is 279 g/mol. The molecule has 3 nitrogen and oxygen atoms in total. The van der Waals surface area contributed by atoms with Gasteiger partial charge in [-0.3, -0.25) is 0 Å². The summed E-state index contributed by atoms with van der Waals surface area (Å²) in [5, 5.41) is 3.44. The van der Waals surface area contributed by atoms with Gasteiger partial charge < -0.3 is 5.32 Å². The summed E-state index contributed by atoms with van der Waals surface area (Å²) >= 11 is 0. The van der Waals surface area contributed by atoms with E-state index in [2.05, 4.69) is 36.5 Å². The molecule has 108 valence electrons. The molecular formula is C18H21N3. The molecule has 1 aliphatic carbocycles. The Morgan fingerprint density at radius 3 is 2.62 bits per heavy atom. The molecule has 2 aliphatic rings. The van der Waals surface area contributed by atoms with Crippen LogP contribution >= 0.6 is 0 Å². The lowest BCUT2D eigenvalue weighted by atomic mass is 10.0. The Labute approximate surface area is 125 Å². The van der Waals surface area contributed by atoms with E-state index >= 15 is 0 Å². The zero-order valence-corrected chi connectivity index (χ0v) is 12.5. The number of nitrogens with zero attached hydrogens (tertiary/aromatic N) is 2. The van der Waals surface area contributed by atoms with Crippen molar-refractivity contribution in [1.29, 1.82) is 0 Å². The molecule has 1 N–H and O–H groups in total. The zero-order valence-electron chi connectivity index (χ0n) is 12.5.